The largest absolute Gasteiger partial charge is 0.355 e. The van der Waals surface area contributed by atoms with E-state index < -0.39 is 15.8 Å². The van der Waals surface area contributed by atoms with Gasteiger partial charge < -0.3 is 10.6 Å². The number of hydrogen-bond acceptors (Lipinski definition) is 4. The van der Waals surface area contributed by atoms with E-state index in [9.17, 15) is 18.0 Å². The third kappa shape index (κ3) is 4.67. The van der Waals surface area contributed by atoms with Crippen molar-refractivity contribution in [3.8, 4) is 0 Å². The molecule has 2 aromatic carbocycles. The lowest BCUT2D eigenvalue weighted by Gasteiger charge is -2.13. The fourth-order valence-corrected chi connectivity index (χ4v) is 2.89. The zero-order chi connectivity index (χ0) is 18.6. The summed E-state index contributed by atoms with van der Waals surface area (Å²) >= 11 is 0. The Hall–Kier alpha value is -2.67. The molecule has 132 valence electrons. The van der Waals surface area contributed by atoms with Gasteiger partial charge >= 0.3 is 0 Å². The predicted octanol–water partition coefficient (Wildman–Crippen LogP) is 2.19. The molecule has 0 aromatic heterocycles. The summed E-state index contributed by atoms with van der Waals surface area (Å²) in [5.41, 5.74) is 1.80. The van der Waals surface area contributed by atoms with E-state index in [1.807, 2.05) is 0 Å². The summed E-state index contributed by atoms with van der Waals surface area (Å²) in [6, 6.07) is 12.8. The third-order valence-corrected chi connectivity index (χ3v) is 4.97. The molecule has 2 rings (SSSR count). The van der Waals surface area contributed by atoms with Crippen molar-refractivity contribution < 1.29 is 18.0 Å². The molecular formula is C18H20N2O4S. The Bertz CT molecular complexity index is 872. The van der Waals surface area contributed by atoms with Crippen LogP contribution in [0.3, 0.4) is 0 Å². The molecule has 25 heavy (non-hydrogen) atoms. The SMILES string of the molecule is CNC(=O)c1ccc(NC(=O)C(C)c2ccc(S(C)(=O)=O)cc2)cc1. The van der Waals surface area contributed by atoms with Crippen molar-refractivity contribution in [3.05, 3.63) is 59.7 Å². The van der Waals surface area contributed by atoms with Crippen molar-refractivity contribution >= 4 is 27.3 Å². The highest BCUT2D eigenvalue weighted by Gasteiger charge is 2.16. The van der Waals surface area contributed by atoms with Crippen LogP contribution >= 0.6 is 0 Å². The van der Waals surface area contributed by atoms with Crippen LogP contribution in [0.4, 0.5) is 5.69 Å². The van der Waals surface area contributed by atoms with Gasteiger partial charge in [-0.15, -0.1) is 0 Å². The van der Waals surface area contributed by atoms with Crippen LogP contribution in [0.15, 0.2) is 53.4 Å². The molecule has 0 bridgehead atoms. The second-order valence-electron chi connectivity index (χ2n) is 5.71. The third-order valence-electron chi connectivity index (χ3n) is 3.84. The predicted molar refractivity (Wildman–Crippen MR) is 96.4 cm³/mol. The Labute approximate surface area is 147 Å². The van der Waals surface area contributed by atoms with Gasteiger partial charge in [0.15, 0.2) is 9.84 Å². The van der Waals surface area contributed by atoms with Crippen molar-refractivity contribution in [2.45, 2.75) is 17.7 Å². The number of benzene rings is 2. The molecular weight excluding hydrogens is 340 g/mol. The van der Waals surface area contributed by atoms with Gasteiger partial charge in [0, 0.05) is 24.6 Å². The van der Waals surface area contributed by atoms with Crippen molar-refractivity contribution in [3.63, 3.8) is 0 Å². The number of sulfone groups is 1. The number of rotatable bonds is 5. The van der Waals surface area contributed by atoms with E-state index in [0.29, 0.717) is 16.8 Å². The summed E-state index contributed by atoms with van der Waals surface area (Å²) in [4.78, 5) is 24.1. The molecule has 2 N–H and O–H groups in total. The molecule has 2 aromatic rings. The molecule has 1 unspecified atom stereocenters. The molecule has 0 aliphatic heterocycles. The highest BCUT2D eigenvalue weighted by atomic mass is 32.2. The van der Waals surface area contributed by atoms with Crippen molar-refractivity contribution in [1.82, 2.24) is 5.32 Å². The van der Waals surface area contributed by atoms with Gasteiger partial charge in [0.05, 0.1) is 10.8 Å². The average Bonchev–Trinajstić information content (AvgIpc) is 2.60. The maximum Gasteiger partial charge on any atom is 0.251 e. The van der Waals surface area contributed by atoms with E-state index in [-0.39, 0.29) is 16.7 Å². The first-order valence-corrected chi connectivity index (χ1v) is 9.54. The number of carbonyl (C=O) groups excluding carboxylic acids is 2. The van der Waals surface area contributed by atoms with Crippen LogP contribution in [-0.4, -0.2) is 33.5 Å². The van der Waals surface area contributed by atoms with Gasteiger partial charge in [0.2, 0.25) is 5.91 Å². The van der Waals surface area contributed by atoms with Crippen LogP contribution in [0, 0.1) is 0 Å². The molecule has 2 amide bonds. The zero-order valence-corrected chi connectivity index (χ0v) is 15.1. The summed E-state index contributed by atoms with van der Waals surface area (Å²) in [5, 5.41) is 5.31. The summed E-state index contributed by atoms with van der Waals surface area (Å²) in [6.45, 7) is 1.74. The Balaban J connectivity index is 2.08. The Morgan fingerprint density at radius 1 is 0.960 bits per heavy atom. The number of nitrogens with one attached hydrogen (secondary N) is 2. The Morgan fingerprint density at radius 2 is 1.52 bits per heavy atom. The summed E-state index contributed by atoms with van der Waals surface area (Å²) < 4.78 is 23.0. The Kier molecular flexibility index (Phi) is 5.58. The van der Waals surface area contributed by atoms with Crippen molar-refractivity contribution in [2.24, 2.45) is 0 Å². The van der Waals surface area contributed by atoms with Gasteiger partial charge in [0.25, 0.3) is 5.91 Å². The number of hydrogen-bond donors (Lipinski definition) is 2. The highest BCUT2D eigenvalue weighted by Crippen LogP contribution is 2.20. The quantitative estimate of drug-likeness (QED) is 0.855. The van der Waals surface area contributed by atoms with Crippen LogP contribution in [0.2, 0.25) is 0 Å². The summed E-state index contributed by atoms with van der Waals surface area (Å²) in [5.74, 6) is -0.871. The maximum atomic E-state index is 12.4. The minimum Gasteiger partial charge on any atom is -0.355 e. The molecule has 0 saturated carbocycles. The zero-order valence-electron chi connectivity index (χ0n) is 14.2. The molecule has 0 spiro atoms. The molecule has 0 heterocycles. The minimum atomic E-state index is -3.26. The second-order valence-corrected chi connectivity index (χ2v) is 7.72. The van der Waals surface area contributed by atoms with Crippen LogP contribution in [0.25, 0.3) is 0 Å². The van der Waals surface area contributed by atoms with E-state index in [1.165, 1.54) is 12.1 Å². The van der Waals surface area contributed by atoms with Gasteiger partial charge in [-0.25, -0.2) is 8.42 Å². The average molecular weight is 360 g/mol. The van der Waals surface area contributed by atoms with E-state index in [4.69, 9.17) is 0 Å². The van der Waals surface area contributed by atoms with Gasteiger partial charge in [-0.1, -0.05) is 12.1 Å². The van der Waals surface area contributed by atoms with Gasteiger partial charge in [-0.05, 0) is 48.9 Å². The smallest absolute Gasteiger partial charge is 0.251 e. The molecule has 0 radical (unpaired) electrons. The second kappa shape index (κ2) is 7.48. The van der Waals surface area contributed by atoms with Crippen LogP contribution in [0.1, 0.15) is 28.8 Å². The van der Waals surface area contributed by atoms with Crippen LogP contribution in [0.5, 0.6) is 0 Å². The number of carbonyl (C=O) groups is 2. The topological polar surface area (TPSA) is 92.3 Å². The highest BCUT2D eigenvalue weighted by molar-refractivity contribution is 7.90. The lowest BCUT2D eigenvalue weighted by atomic mass is 10.0. The normalized spacial score (nSPS) is 12.3. The van der Waals surface area contributed by atoms with E-state index in [2.05, 4.69) is 10.6 Å². The van der Waals surface area contributed by atoms with E-state index in [1.54, 1.807) is 50.4 Å². The summed E-state index contributed by atoms with van der Waals surface area (Å²) in [7, 11) is -1.71. The van der Waals surface area contributed by atoms with E-state index >= 15 is 0 Å². The summed E-state index contributed by atoms with van der Waals surface area (Å²) in [6.07, 6.45) is 1.14. The van der Waals surface area contributed by atoms with E-state index in [0.717, 1.165) is 6.26 Å². The van der Waals surface area contributed by atoms with Gasteiger partial charge in [-0.2, -0.15) is 0 Å². The molecule has 1 atom stereocenters. The molecule has 0 fully saturated rings. The first-order valence-electron chi connectivity index (χ1n) is 7.65. The van der Waals surface area contributed by atoms with Crippen molar-refractivity contribution in [1.29, 1.82) is 0 Å². The number of anilines is 1. The van der Waals surface area contributed by atoms with Crippen LogP contribution < -0.4 is 10.6 Å². The molecule has 7 heteroatoms. The molecule has 0 aliphatic rings. The molecule has 0 saturated heterocycles. The fourth-order valence-electron chi connectivity index (χ4n) is 2.25. The monoisotopic (exact) mass is 360 g/mol. The molecule has 6 nitrogen and oxygen atoms in total. The van der Waals surface area contributed by atoms with Gasteiger partial charge in [0.1, 0.15) is 0 Å². The van der Waals surface area contributed by atoms with Crippen molar-refractivity contribution in [2.75, 3.05) is 18.6 Å². The minimum absolute atomic E-state index is 0.197. The lowest BCUT2D eigenvalue weighted by molar-refractivity contribution is -0.117. The first-order chi connectivity index (χ1) is 11.7. The van der Waals surface area contributed by atoms with Gasteiger partial charge in [-0.3, -0.25) is 9.59 Å². The number of amides is 2. The fraction of sp³-hybridized carbons (Fsp3) is 0.222. The molecule has 0 aliphatic carbocycles. The first kappa shape index (κ1) is 18.7. The lowest BCUT2D eigenvalue weighted by Crippen LogP contribution is -2.20. The standard InChI is InChI=1S/C18H20N2O4S/c1-12(13-6-10-16(11-7-13)25(3,23)24)17(21)20-15-8-4-14(5-9-15)18(22)19-2/h4-12H,1-3H3,(H,19,22)(H,20,21). The van der Waals surface area contributed by atoms with Crippen LogP contribution in [-0.2, 0) is 14.6 Å². The maximum absolute atomic E-state index is 12.4. The Morgan fingerprint density at radius 3 is 2.00 bits per heavy atom.